The van der Waals surface area contributed by atoms with Gasteiger partial charge in [0.05, 0.1) is 13.2 Å². The van der Waals surface area contributed by atoms with Gasteiger partial charge in [0, 0.05) is 19.4 Å². The van der Waals surface area contributed by atoms with Gasteiger partial charge in [0.1, 0.15) is 6.61 Å². The summed E-state index contributed by atoms with van der Waals surface area (Å²) in [5.74, 6) is -0.815. The van der Waals surface area contributed by atoms with Gasteiger partial charge in [0.25, 0.3) is 0 Å². The maximum absolute atomic E-state index is 12.8. The molecule has 2 unspecified atom stereocenters. The number of rotatable bonds is 69. The van der Waals surface area contributed by atoms with Crippen LogP contribution in [0.25, 0.3) is 0 Å². The topological polar surface area (TPSA) is 134 Å². The molecule has 0 amide bonds. The van der Waals surface area contributed by atoms with Crippen molar-refractivity contribution < 1.29 is 37.6 Å². The first kappa shape index (κ1) is 83.9. The zero-order valence-corrected chi connectivity index (χ0v) is 57.6. The van der Waals surface area contributed by atoms with Crippen LogP contribution in [-0.2, 0) is 32.7 Å². The van der Waals surface area contributed by atoms with Gasteiger partial charge < -0.3 is 20.1 Å². The first-order valence-corrected chi connectivity index (χ1v) is 38.2. The van der Waals surface area contributed by atoms with E-state index < -0.39 is 26.5 Å². The Kier molecular flexibility index (Phi) is 69.5. The van der Waals surface area contributed by atoms with Crippen molar-refractivity contribution in [3.8, 4) is 0 Å². The lowest BCUT2D eigenvalue weighted by atomic mass is 10.0. The number of esters is 2. The largest absolute Gasteiger partial charge is 0.472 e. The molecule has 9 nitrogen and oxygen atoms in total. The molecule has 87 heavy (non-hydrogen) atoms. The molecule has 0 fully saturated rings. The van der Waals surface area contributed by atoms with Crippen LogP contribution < -0.4 is 5.73 Å². The zero-order chi connectivity index (χ0) is 63.0. The molecular weight excluding hydrogens is 1100 g/mol. The highest BCUT2D eigenvalue weighted by molar-refractivity contribution is 7.47. The van der Waals surface area contributed by atoms with Gasteiger partial charge >= 0.3 is 19.8 Å². The molecule has 0 heterocycles. The van der Waals surface area contributed by atoms with E-state index in [1.165, 1.54) is 238 Å². The number of allylic oxidation sites excluding steroid dienone is 16. The van der Waals surface area contributed by atoms with E-state index in [4.69, 9.17) is 24.3 Å². The van der Waals surface area contributed by atoms with Crippen LogP contribution in [0.5, 0.6) is 0 Å². The number of ether oxygens (including phenoxy) is 2. The van der Waals surface area contributed by atoms with Crippen molar-refractivity contribution in [1.82, 2.24) is 0 Å². The van der Waals surface area contributed by atoms with E-state index in [1.807, 2.05) is 0 Å². The van der Waals surface area contributed by atoms with Gasteiger partial charge in [-0.05, 0) is 96.3 Å². The van der Waals surface area contributed by atoms with Gasteiger partial charge in [-0.1, -0.05) is 336 Å². The molecule has 0 aromatic rings. The van der Waals surface area contributed by atoms with Gasteiger partial charge in [0.15, 0.2) is 6.10 Å². The molecule has 0 saturated carbocycles. The molecule has 0 aromatic carbocycles. The zero-order valence-electron chi connectivity index (χ0n) is 56.7. The van der Waals surface area contributed by atoms with Gasteiger partial charge in [-0.3, -0.25) is 18.6 Å². The monoisotopic (exact) mass is 1240 g/mol. The van der Waals surface area contributed by atoms with Crippen LogP contribution in [0, 0.1) is 0 Å². The highest BCUT2D eigenvalue weighted by Gasteiger charge is 2.26. The maximum atomic E-state index is 12.8. The third-order valence-corrected chi connectivity index (χ3v) is 16.9. The molecule has 0 spiro atoms. The van der Waals surface area contributed by atoms with E-state index in [0.717, 1.165) is 77.0 Å². The minimum Gasteiger partial charge on any atom is -0.462 e. The second-order valence-electron chi connectivity index (χ2n) is 24.4. The van der Waals surface area contributed by atoms with Crippen molar-refractivity contribution in [3.63, 3.8) is 0 Å². The van der Waals surface area contributed by atoms with Crippen molar-refractivity contribution in [1.29, 1.82) is 0 Å². The molecular formula is C77H138NO8P. The Morgan fingerprint density at radius 1 is 0.356 bits per heavy atom. The first-order chi connectivity index (χ1) is 42.8. The van der Waals surface area contributed by atoms with Crippen LogP contribution in [0.2, 0.25) is 0 Å². The highest BCUT2D eigenvalue weighted by Crippen LogP contribution is 2.43. The fourth-order valence-electron chi connectivity index (χ4n) is 10.6. The summed E-state index contributed by atoms with van der Waals surface area (Å²) in [4.78, 5) is 35.4. The van der Waals surface area contributed by atoms with Crippen LogP contribution in [0.1, 0.15) is 348 Å². The van der Waals surface area contributed by atoms with E-state index in [0.29, 0.717) is 6.42 Å². The van der Waals surface area contributed by atoms with Crippen molar-refractivity contribution in [2.45, 2.75) is 354 Å². The number of phosphoric acid groups is 1. The number of phosphoric ester groups is 1. The Labute approximate surface area is 537 Å². The summed E-state index contributed by atoms with van der Waals surface area (Å²) in [6.45, 7) is 3.66. The number of carbonyl (C=O) groups is 2. The Bertz CT molecular complexity index is 1750. The number of nitrogens with two attached hydrogens (primary N) is 1. The Hall–Kier alpha value is -3.07. The Morgan fingerprint density at radius 2 is 0.632 bits per heavy atom. The lowest BCUT2D eigenvalue weighted by Gasteiger charge is -2.19. The summed E-state index contributed by atoms with van der Waals surface area (Å²) in [6, 6.07) is 0. The van der Waals surface area contributed by atoms with E-state index in [9.17, 15) is 19.0 Å². The second kappa shape index (κ2) is 72.0. The number of hydrogen-bond donors (Lipinski definition) is 2. The molecule has 0 aliphatic heterocycles. The van der Waals surface area contributed by atoms with E-state index >= 15 is 0 Å². The van der Waals surface area contributed by atoms with Gasteiger partial charge in [-0.15, -0.1) is 0 Å². The molecule has 0 rings (SSSR count). The third-order valence-electron chi connectivity index (χ3n) is 16.0. The van der Waals surface area contributed by atoms with Crippen LogP contribution in [0.3, 0.4) is 0 Å². The average molecular weight is 1240 g/mol. The van der Waals surface area contributed by atoms with Crippen LogP contribution in [0.15, 0.2) is 97.2 Å². The fraction of sp³-hybridized carbons (Fsp3) is 0.766. The number of carbonyl (C=O) groups excluding carboxylic acids is 2. The average Bonchev–Trinajstić information content (AvgIpc) is 3.65. The predicted molar refractivity (Wildman–Crippen MR) is 376 cm³/mol. The molecule has 0 aliphatic rings. The highest BCUT2D eigenvalue weighted by atomic mass is 31.2. The quantitative estimate of drug-likeness (QED) is 0.0264. The smallest absolute Gasteiger partial charge is 0.462 e. The number of unbranched alkanes of at least 4 members (excludes halogenated alkanes) is 40. The van der Waals surface area contributed by atoms with Gasteiger partial charge in [-0.25, -0.2) is 4.57 Å². The minimum atomic E-state index is -4.40. The van der Waals surface area contributed by atoms with E-state index in [2.05, 4.69) is 111 Å². The lowest BCUT2D eigenvalue weighted by Crippen LogP contribution is -2.29. The van der Waals surface area contributed by atoms with Crippen molar-refractivity contribution >= 4 is 19.8 Å². The molecule has 3 N–H and O–H groups in total. The normalized spacial score (nSPS) is 13.5. The van der Waals surface area contributed by atoms with Crippen LogP contribution >= 0.6 is 7.82 Å². The second-order valence-corrected chi connectivity index (χ2v) is 25.9. The molecule has 2 atom stereocenters. The van der Waals surface area contributed by atoms with Crippen molar-refractivity contribution in [2.75, 3.05) is 26.4 Å². The summed E-state index contributed by atoms with van der Waals surface area (Å²) in [5.41, 5.74) is 5.41. The molecule has 504 valence electrons. The van der Waals surface area contributed by atoms with Gasteiger partial charge in [0.2, 0.25) is 0 Å². The number of hydrogen-bond acceptors (Lipinski definition) is 8. The summed E-state index contributed by atoms with van der Waals surface area (Å²) < 4.78 is 33.2. The van der Waals surface area contributed by atoms with Gasteiger partial charge in [-0.2, -0.15) is 0 Å². The standard InChI is InChI=1S/C77H138NO8P/c1-3-5-7-9-11-13-15-17-19-21-23-25-27-29-31-33-34-35-36-37-38-39-40-42-44-46-48-50-52-54-56-58-60-62-64-66-68-70-77(80)86-75(74-85-87(81,82)84-72-71-78)73-83-76(79)69-67-65-63-61-59-57-55-53-51-49-47-45-43-41-32-30-28-26-24-22-20-18-16-14-12-10-8-6-4-2/h5,7,11,13,16-19,22-25,28-31,75H,3-4,6,8-10,12,14-15,20-21,26-27,32-74,78H2,1-2H3,(H,81,82)/b7-5-,13-11-,18-16-,19-17-,24-22-,25-23-,30-28-,31-29-. The molecule has 0 bridgehead atoms. The molecule has 10 heteroatoms. The fourth-order valence-corrected chi connectivity index (χ4v) is 11.3. The molecule has 0 radical (unpaired) electrons. The summed E-state index contributed by atoms with van der Waals surface area (Å²) in [5, 5.41) is 0. The SMILES string of the molecule is CC/C=C\C/C=C\C/C=C\C/C=C\C/C=C\CCCCCCCCCCCCCCCCCCCCCCCC(=O)OC(COC(=O)CCCCCCCCCCCCCCCC/C=C\C/C=C\C/C=C\CCCCCCC)COP(=O)(O)OCCN. The lowest BCUT2D eigenvalue weighted by molar-refractivity contribution is -0.161. The van der Waals surface area contributed by atoms with E-state index in [1.54, 1.807) is 0 Å². The van der Waals surface area contributed by atoms with Crippen molar-refractivity contribution in [2.24, 2.45) is 5.73 Å². The maximum Gasteiger partial charge on any atom is 0.472 e. The predicted octanol–water partition coefficient (Wildman–Crippen LogP) is 24.3. The Balaban J connectivity index is 3.83. The molecule has 0 aromatic heterocycles. The third kappa shape index (κ3) is 71.9. The summed E-state index contributed by atoms with van der Waals surface area (Å²) >= 11 is 0. The molecule has 0 aliphatic carbocycles. The summed E-state index contributed by atoms with van der Waals surface area (Å²) in [7, 11) is -4.40. The van der Waals surface area contributed by atoms with E-state index in [-0.39, 0.29) is 38.6 Å². The Morgan fingerprint density at radius 3 is 0.943 bits per heavy atom. The van der Waals surface area contributed by atoms with Crippen LogP contribution in [-0.4, -0.2) is 49.3 Å². The minimum absolute atomic E-state index is 0.0523. The first-order valence-electron chi connectivity index (χ1n) is 36.7. The van der Waals surface area contributed by atoms with Crippen molar-refractivity contribution in [3.05, 3.63) is 97.2 Å². The molecule has 0 saturated heterocycles. The van der Waals surface area contributed by atoms with Crippen LogP contribution in [0.4, 0.5) is 0 Å². The summed E-state index contributed by atoms with van der Waals surface area (Å²) in [6.07, 6.45) is 98.0.